The normalized spacial score (nSPS) is 15.1. The van der Waals surface area contributed by atoms with E-state index >= 15 is 0 Å². The van der Waals surface area contributed by atoms with Crippen LogP contribution in [0.3, 0.4) is 0 Å². The second kappa shape index (κ2) is 10.3. The number of anilines is 1. The van der Waals surface area contributed by atoms with Crippen LogP contribution in [0.15, 0.2) is 47.4 Å². The molecule has 0 saturated carbocycles. The molecule has 176 valence electrons. The summed E-state index contributed by atoms with van der Waals surface area (Å²) in [5, 5.41) is 13.1. The van der Waals surface area contributed by atoms with Gasteiger partial charge in [0.05, 0.1) is 26.1 Å². The van der Waals surface area contributed by atoms with Gasteiger partial charge in [0.25, 0.3) is 11.6 Å². The number of hydrogen-bond acceptors (Lipinski definition) is 7. The highest BCUT2D eigenvalue weighted by Crippen LogP contribution is 2.27. The summed E-state index contributed by atoms with van der Waals surface area (Å²) in [6.45, 7) is 2.38. The molecule has 0 spiro atoms. The number of rotatable bonds is 7. The molecule has 33 heavy (non-hydrogen) atoms. The van der Waals surface area contributed by atoms with Gasteiger partial charge in [-0.25, -0.2) is 13.2 Å². The maximum atomic E-state index is 12.8. The Hall–Kier alpha value is -3.02. The lowest BCUT2D eigenvalue weighted by Crippen LogP contribution is -2.37. The smallest absolute Gasteiger partial charge is 0.338 e. The Morgan fingerprint density at radius 3 is 2.39 bits per heavy atom. The van der Waals surface area contributed by atoms with E-state index in [2.05, 4.69) is 12.2 Å². The van der Waals surface area contributed by atoms with Gasteiger partial charge in [-0.15, -0.1) is 0 Å². The highest BCUT2D eigenvalue weighted by Gasteiger charge is 2.28. The van der Waals surface area contributed by atoms with Crippen molar-refractivity contribution < 1.29 is 27.7 Å². The van der Waals surface area contributed by atoms with Crippen LogP contribution in [-0.4, -0.2) is 49.2 Å². The van der Waals surface area contributed by atoms with E-state index in [1.54, 1.807) is 0 Å². The van der Waals surface area contributed by atoms with E-state index < -0.39 is 33.4 Å². The molecule has 0 aromatic heterocycles. The average molecular weight is 496 g/mol. The Morgan fingerprint density at radius 2 is 1.82 bits per heavy atom. The van der Waals surface area contributed by atoms with Gasteiger partial charge in [0.2, 0.25) is 10.0 Å². The van der Waals surface area contributed by atoms with Crippen LogP contribution in [0, 0.1) is 16.0 Å². The third-order valence-electron chi connectivity index (χ3n) is 5.24. The summed E-state index contributed by atoms with van der Waals surface area (Å²) in [5.41, 5.74) is -0.0166. The number of amides is 1. The second-order valence-corrected chi connectivity index (χ2v) is 10.0. The number of hydrogen-bond donors (Lipinski definition) is 1. The van der Waals surface area contributed by atoms with Gasteiger partial charge < -0.3 is 10.1 Å². The van der Waals surface area contributed by atoms with Crippen molar-refractivity contribution in [2.75, 3.05) is 25.0 Å². The molecule has 1 amide bonds. The van der Waals surface area contributed by atoms with Crippen LogP contribution in [-0.2, 0) is 19.6 Å². The van der Waals surface area contributed by atoms with E-state index in [0.29, 0.717) is 19.0 Å². The lowest BCUT2D eigenvalue weighted by atomic mass is 10.0. The largest absolute Gasteiger partial charge is 0.452 e. The van der Waals surface area contributed by atoms with Crippen molar-refractivity contribution >= 4 is 44.9 Å². The topological polar surface area (TPSA) is 136 Å². The highest BCUT2D eigenvalue weighted by molar-refractivity contribution is 7.89. The fourth-order valence-electron chi connectivity index (χ4n) is 3.26. The van der Waals surface area contributed by atoms with Crippen LogP contribution >= 0.6 is 11.6 Å². The molecule has 10 nitrogen and oxygen atoms in total. The minimum absolute atomic E-state index is 0.0381. The molecular weight excluding hydrogens is 474 g/mol. The number of carbonyl (C=O) groups is 2. The van der Waals surface area contributed by atoms with Crippen molar-refractivity contribution in [2.45, 2.75) is 24.7 Å². The first kappa shape index (κ1) is 24.6. The third-order valence-corrected chi connectivity index (χ3v) is 7.47. The molecule has 1 aliphatic heterocycles. The third kappa shape index (κ3) is 6.06. The number of nitrogens with one attached hydrogen (secondary N) is 1. The Morgan fingerprint density at radius 1 is 1.18 bits per heavy atom. The molecule has 2 aromatic carbocycles. The molecule has 12 heteroatoms. The zero-order valence-corrected chi connectivity index (χ0v) is 19.3. The molecule has 1 N–H and O–H groups in total. The van der Waals surface area contributed by atoms with Crippen LogP contribution in [0.2, 0.25) is 5.02 Å². The van der Waals surface area contributed by atoms with Gasteiger partial charge in [-0.05, 0) is 49.1 Å². The van der Waals surface area contributed by atoms with E-state index in [9.17, 15) is 28.1 Å². The summed E-state index contributed by atoms with van der Waals surface area (Å²) in [5.74, 6) is -1.02. The number of non-ortho nitro benzene ring substituents is 1. The fourth-order valence-corrected chi connectivity index (χ4v) is 4.95. The van der Waals surface area contributed by atoms with E-state index in [0.717, 1.165) is 18.9 Å². The van der Waals surface area contributed by atoms with Crippen LogP contribution in [0.25, 0.3) is 0 Å². The molecule has 0 radical (unpaired) electrons. The van der Waals surface area contributed by atoms with E-state index in [1.165, 1.54) is 40.7 Å². The number of esters is 1. The molecule has 2 aromatic rings. The van der Waals surface area contributed by atoms with Crippen molar-refractivity contribution in [1.29, 1.82) is 0 Å². The Kier molecular flexibility index (Phi) is 7.67. The molecule has 1 saturated heterocycles. The molecule has 1 heterocycles. The number of sulfonamides is 1. The Labute approximate surface area is 195 Å². The van der Waals surface area contributed by atoms with Gasteiger partial charge >= 0.3 is 5.97 Å². The SMILES string of the molecule is CC1CCN(S(=O)(=O)c2ccc(C(=O)OCC(=O)Nc3ccc([N+](=O)[O-])cc3Cl)cc2)CC1. The fraction of sp³-hybridized carbons (Fsp3) is 0.333. The van der Waals surface area contributed by atoms with Crippen molar-refractivity contribution in [3.63, 3.8) is 0 Å². The van der Waals surface area contributed by atoms with E-state index in [-0.39, 0.29) is 26.9 Å². The molecule has 0 aliphatic carbocycles. The maximum absolute atomic E-state index is 12.8. The predicted molar refractivity (Wildman–Crippen MR) is 121 cm³/mol. The first-order valence-electron chi connectivity index (χ1n) is 10.1. The van der Waals surface area contributed by atoms with Crippen molar-refractivity contribution in [3.8, 4) is 0 Å². The summed E-state index contributed by atoms with van der Waals surface area (Å²) in [4.78, 5) is 34.5. The molecule has 0 unspecified atom stereocenters. The van der Waals surface area contributed by atoms with E-state index in [4.69, 9.17) is 16.3 Å². The van der Waals surface area contributed by atoms with Gasteiger partial charge in [0.15, 0.2) is 6.61 Å². The first-order chi connectivity index (χ1) is 15.6. The number of halogens is 1. The minimum Gasteiger partial charge on any atom is -0.452 e. The van der Waals surface area contributed by atoms with Crippen LogP contribution in [0.1, 0.15) is 30.1 Å². The quantitative estimate of drug-likeness (QED) is 0.353. The van der Waals surface area contributed by atoms with Gasteiger partial charge in [-0.1, -0.05) is 18.5 Å². The summed E-state index contributed by atoms with van der Waals surface area (Å²) in [6.07, 6.45) is 1.60. The summed E-state index contributed by atoms with van der Waals surface area (Å²) < 4.78 is 31.9. The number of ether oxygens (including phenoxy) is 1. The number of nitro benzene ring substituents is 1. The van der Waals surface area contributed by atoms with Gasteiger partial charge in [-0.2, -0.15) is 4.31 Å². The second-order valence-electron chi connectivity index (χ2n) is 7.66. The van der Waals surface area contributed by atoms with Crippen molar-refractivity contribution in [2.24, 2.45) is 5.92 Å². The summed E-state index contributed by atoms with van der Waals surface area (Å²) in [6, 6.07) is 8.85. The van der Waals surface area contributed by atoms with Crippen molar-refractivity contribution in [3.05, 3.63) is 63.2 Å². The van der Waals surface area contributed by atoms with Crippen molar-refractivity contribution in [1.82, 2.24) is 4.31 Å². The Bertz CT molecular complexity index is 1160. The molecule has 3 rings (SSSR count). The van der Waals surface area contributed by atoms with E-state index in [1.807, 2.05) is 0 Å². The standard InChI is InChI=1S/C21H22ClN3O7S/c1-14-8-10-24(11-9-14)33(30,31)17-5-2-15(3-6-17)21(27)32-13-20(26)23-19-7-4-16(25(28)29)12-18(19)22/h2-7,12,14H,8-11,13H2,1H3,(H,23,26). The highest BCUT2D eigenvalue weighted by atomic mass is 35.5. The number of nitro groups is 1. The maximum Gasteiger partial charge on any atom is 0.338 e. The number of benzene rings is 2. The molecule has 0 bridgehead atoms. The van der Waals surface area contributed by atoms with Gasteiger partial charge in [-0.3, -0.25) is 14.9 Å². The summed E-state index contributed by atoms with van der Waals surface area (Å²) in [7, 11) is -3.64. The van der Waals surface area contributed by atoms with Gasteiger partial charge in [0.1, 0.15) is 0 Å². The predicted octanol–water partition coefficient (Wildman–Crippen LogP) is 3.46. The number of piperidine rings is 1. The number of carbonyl (C=O) groups excluding carboxylic acids is 2. The average Bonchev–Trinajstić information content (AvgIpc) is 2.79. The lowest BCUT2D eigenvalue weighted by Gasteiger charge is -2.29. The monoisotopic (exact) mass is 495 g/mol. The molecule has 1 aliphatic rings. The Balaban J connectivity index is 1.56. The molecular formula is C21H22ClN3O7S. The first-order valence-corrected chi connectivity index (χ1v) is 11.9. The van der Waals surface area contributed by atoms with Crippen LogP contribution < -0.4 is 5.32 Å². The molecule has 0 atom stereocenters. The summed E-state index contributed by atoms with van der Waals surface area (Å²) >= 11 is 5.91. The van der Waals surface area contributed by atoms with Crippen LogP contribution in [0.5, 0.6) is 0 Å². The molecule has 1 fully saturated rings. The zero-order valence-electron chi connectivity index (χ0n) is 17.7. The zero-order chi connectivity index (χ0) is 24.2. The van der Waals surface area contributed by atoms with Crippen LogP contribution in [0.4, 0.5) is 11.4 Å². The number of nitrogens with zero attached hydrogens (tertiary/aromatic N) is 2. The minimum atomic E-state index is -3.64. The van der Waals surface area contributed by atoms with Gasteiger partial charge in [0, 0.05) is 25.2 Å². The lowest BCUT2D eigenvalue weighted by molar-refractivity contribution is -0.384.